The van der Waals surface area contributed by atoms with Gasteiger partial charge in [-0.1, -0.05) is 31.5 Å². The highest BCUT2D eigenvalue weighted by atomic mass is 16.5. The smallest absolute Gasteiger partial charge is 0.344 e. The normalized spacial score (nSPS) is 19.1. The zero-order chi connectivity index (χ0) is 20.4. The number of hydrogen-bond donors (Lipinski definition) is 0. The Morgan fingerprint density at radius 1 is 1.07 bits per heavy atom. The van der Waals surface area contributed by atoms with Gasteiger partial charge in [-0.2, -0.15) is 0 Å². The molecule has 2 aromatic carbocycles. The van der Waals surface area contributed by atoms with Crippen molar-refractivity contribution in [2.24, 2.45) is 5.92 Å². The van der Waals surface area contributed by atoms with E-state index in [1.165, 1.54) is 13.5 Å². The monoisotopic (exact) mass is 392 g/mol. The van der Waals surface area contributed by atoms with Crippen LogP contribution in [-0.4, -0.2) is 19.2 Å². The Hall–Kier alpha value is -3.08. The molecule has 29 heavy (non-hydrogen) atoms. The van der Waals surface area contributed by atoms with E-state index < -0.39 is 5.63 Å². The molecule has 3 aromatic rings. The van der Waals surface area contributed by atoms with Crippen molar-refractivity contribution >= 4 is 16.9 Å². The van der Waals surface area contributed by atoms with E-state index in [2.05, 4.69) is 6.92 Å². The summed E-state index contributed by atoms with van der Waals surface area (Å²) in [5.41, 5.74) is 1.29. The highest BCUT2D eigenvalue weighted by molar-refractivity contribution is 5.92. The number of hydrogen-bond acceptors (Lipinski definition) is 5. The highest BCUT2D eigenvalue weighted by Gasteiger charge is 2.24. The Kier molecular flexibility index (Phi) is 5.38. The number of carbonyl (C=O) groups is 1. The van der Waals surface area contributed by atoms with Crippen molar-refractivity contribution in [3.8, 4) is 16.9 Å². The molecule has 1 aliphatic rings. The Bertz CT molecular complexity index is 1100. The Balaban J connectivity index is 1.70. The molecule has 0 amide bonds. The molecule has 150 valence electrons. The molecule has 0 N–H and O–H groups in total. The lowest BCUT2D eigenvalue weighted by Gasteiger charge is -2.26. The van der Waals surface area contributed by atoms with Crippen molar-refractivity contribution in [1.29, 1.82) is 0 Å². The fraction of sp³-hybridized carbons (Fsp3) is 0.333. The van der Waals surface area contributed by atoms with Crippen molar-refractivity contribution in [3.63, 3.8) is 0 Å². The maximum absolute atomic E-state index is 12.7. The predicted octanol–water partition coefficient (Wildman–Crippen LogP) is 5.20. The zero-order valence-corrected chi connectivity index (χ0v) is 16.6. The number of methoxy groups -OCH3 is 1. The molecule has 0 spiro atoms. The van der Waals surface area contributed by atoms with Gasteiger partial charge in [0.05, 0.1) is 18.2 Å². The number of fused-ring (bicyclic) bond motifs is 1. The average molecular weight is 392 g/mol. The molecule has 1 heterocycles. The molecule has 1 saturated carbocycles. The number of esters is 1. The Morgan fingerprint density at radius 2 is 1.90 bits per heavy atom. The first kappa shape index (κ1) is 19.2. The van der Waals surface area contributed by atoms with E-state index in [9.17, 15) is 9.59 Å². The summed E-state index contributed by atoms with van der Waals surface area (Å²) < 4.78 is 16.6. The molecule has 0 radical (unpaired) electrons. The van der Waals surface area contributed by atoms with Crippen LogP contribution >= 0.6 is 0 Å². The van der Waals surface area contributed by atoms with Gasteiger partial charge in [0.15, 0.2) is 0 Å². The third-order valence-electron chi connectivity index (χ3n) is 5.53. The van der Waals surface area contributed by atoms with Gasteiger partial charge >= 0.3 is 11.6 Å². The van der Waals surface area contributed by atoms with E-state index in [1.807, 2.05) is 18.2 Å². The van der Waals surface area contributed by atoms with Crippen LogP contribution in [0, 0.1) is 5.92 Å². The maximum atomic E-state index is 12.7. The molecule has 1 aromatic heterocycles. The molecule has 2 atom stereocenters. The first-order valence-corrected chi connectivity index (χ1v) is 9.97. The maximum Gasteiger partial charge on any atom is 0.344 e. The first-order valence-electron chi connectivity index (χ1n) is 9.97. The first-order chi connectivity index (χ1) is 14.0. The third kappa shape index (κ3) is 4.04. The van der Waals surface area contributed by atoms with Crippen LogP contribution in [0.25, 0.3) is 22.1 Å². The van der Waals surface area contributed by atoms with E-state index >= 15 is 0 Å². The molecule has 2 unspecified atom stereocenters. The second-order valence-corrected chi connectivity index (χ2v) is 7.70. The predicted molar refractivity (Wildman–Crippen MR) is 111 cm³/mol. The van der Waals surface area contributed by atoms with Gasteiger partial charge in [-0.05, 0) is 55.5 Å². The van der Waals surface area contributed by atoms with Gasteiger partial charge in [-0.25, -0.2) is 9.59 Å². The van der Waals surface area contributed by atoms with Gasteiger partial charge in [0.25, 0.3) is 0 Å². The molecule has 5 nitrogen and oxygen atoms in total. The van der Waals surface area contributed by atoms with Gasteiger partial charge in [-0.15, -0.1) is 0 Å². The van der Waals surface area contributed by atoms with E-state index in [0.29, 0.717) is 33.9 Å². The summed E-state index contributed by atoms with van der Waals surface area (Å²) in [6.45, 7) is 2.19. The quantitative estimate of drug-likeness (QED) is 0.451. The van der Waals surface area contributed by atoms with Gasteiger partial charge in [0.1, 0.15) is 17.4 Å². The lowest BCUT2D eigenvalue weighted by Crippen LogP contribution is -2.24. The SMILES string of the molecule is COc1ccc(C(=O)OC2CCCC(C)C2)cc1-c1cc2ccccc2oc1=O. The van der Waals surface area contributed by atoms with Gasteiger partial charge in [0.2, 0.25) is 0 Å². The Morgan fingerprint density at radius 3 is 2.69 bits per heavy atom. The molecule has 1 fully saturated rings. The summed E-state index contributed by atoms with van der Waals surface area (Å²) in [6, 6.07) is 14.1. The van der Waals surface area contributed by atoms with Gasteiger partial charge in [0, 0.05) is 10.9 Å². The molecule has 0 saturated heterocycles. The molecular formula is C24H24O5. The molecule has 1 aliphatic carbocycles. The van der Waals surface area contributed by atoms with E-state index in [-0.39, 0.29) is 12.1 Å². The van der Waals surface area contributed by atoms with Crippen molar-refractivity contribution in [2.45, 2.75) is 38.7 Å². The van der Waals surface area contributed by atoms with Crippen LogP contribution in [0.1, 0.15) is 43.0 Å². The fourth-order valence-electron chi connectivity index (χ4n) is 4.00. The second-order valence-electron chi connectivity index (χ2n) is 7.70. The van der Waals surface area contributed by atoms with E-state index in [4.69, 9.17) is 13.9 Å². The van der Waals surface area contributed by atoms with E-state index in [1.54, 1.807) is 30.3 Å². The topological polar surface area (TPSA) is 65.7 Å². The van der Waals surface area contributed by atoms with Gasteiger partial charge in [-0.3, -0.25) is 0 Å². The summed E-state index contributed by atoms with van der Waals surface area (Å²) in [6.07, 6.45) is 3.99. The third-order valence-corrected chi connectivity index (χ3v) is 5.53. The van der Waals surface area contributed by atoms with Crippen molar-refractivity contribution in [2.75, 3.05) is 7.11 Å². The van der Waals surface area contributed by atoms with E-state index in [0.717, 1.165) is 24.6 Å². The number of benzene rings is 2. The van der Waals surface area contributed by atoms with Crippen molar-refractivity contribution in [3.05, 3.63) is 64.5 Å². The molecule has 5 heteroatoms. The molecule has 0 bridgehead atoms. The summed E-state index contributed by atoms with van der Waals surface area (Å²) in [5, 5.41) is 0.799. The van der Waals surface area contributed by atoms with Crippen LogP contribution in [0.4, 0.5) is 0 Å². The average Bonchev–Trinajstić information content (AvgIpc) is 2.72. The lowest BCUT2D eigenvalue weighted by molar-refractivity contribution is 0.0155. The summed E-state index contributed by atoms with van der Waals surface area (Å²) in [7, 11) is 1.53. The Labute approximate surface area is 169 Å². The number of ether oxygens (including phenoxy) is 2. The molecule has 0 aliphatic heterocycles. The largest absolute Gasteiger partial charge is 0.496 e. The number of carbonyl (C=O) groups excluding carboxylic acids is 1. The standard InChI is InChI=1S/C24H24O5/c1-15-6-5-8-18(12-15)28-23(25)17-10-11-22(27-2)19(14-17)20-13-16-7-3-4-9-21(16)29-24(20)26/h3-4,7,9-11,13-15,18H,5-6,8,12H2,1-2H3. The molecule has 4 rings (SSSR count). The van der Waals surface area contributed by atoms with Crippen LogP contribution in [0.5, 0.6) is 5.75 Å². The van der Waals surface area contributed by atoms with Crippen LogP contribution in [0.2, 0.25) is 0 Å². The van der Waals surface area contributed by atoms with Crippen molar-refractivity contribution in [1.82, 2.24) is 0 Å². The summed E-state index contributed by atoms with van der Waals surface area (Å²) in [5.74, 6) is 0.684. The van der Waals surface area contributed by atoms with Gasteiger partial charge < -0.3 is 13.9 Å². The highest BCUT2D eigenvalue weighted by Crippen LogP contribution is 2.32. The zero-order valence-electron chi connectivity index (χ0n) is 16.6. The minimum atomic E-state index is -0.478. The molecular weight excluding hydrogens is 368 g/mol. The lowest BCUT2D eigenvalue weighted by atomic mass is 9.89. The summed E-state index contributed by atoms with van der Waals surface area (Å²) >= 11 is 0. The fourth-order valence-corrected chi connectivity index (χ4v) is 4.00. The van der Waals surface area contributed by atoms with Crippen LogP contribution in [0.15, 0.2) is 57.7 Å². The number of para-hydroxylation sites is 1. The van der Waals surface area contributed by atoms with Crippen LogP contribution in [-0.2, 0) is 4.74 Å². The minimum Gasteiger partial charge on any atom is -0.496 e. The minimum absolute atomic E-state index is 0.0532. The van der Waals surface area contributed by atoms with Crippen LogP contribution in [0.3, 0.4) is 0 Å². The van der Waals surface area contributed by atoms with Crippen LogP contribution < -0.4 is 10.4 Å². The second kappa shape index (κ2) is 8.11. The number of rotatable bonds is 4. The van der Waals surface area contributed by atoms with Crippen molar-refractivity contribution < 1.29 is 18.7 Å². The summed E-state index contributed by atoms with van der Waals surface area (Å²) in [4.78, 5) is 25.3.